The number of nitrogens with one attached hydrogen (secondary N) is 1. The number of ether oxygens (including phenoxy) is 1. The molecular weight excluding hydrogens is 413 g/mol. The summed E-state index contributed by atoms with van der Waals surface area (Å²) in [5.74, 6) is -2.74. The molecule has 6 nitrogen and oxygen atoms in total. The summed E-state index contributed by atoms with van der Waals surface area (Å²) in [7, 11) is 0. The van der Waals surface area contributed by atoms with Crippen molar-refractivity contribution in [1.29, 1.82) is 0 Å². The van der Waals surface area contributed by atoms with Gasteiger partial charge >= 0.3 is 12.1 Å². The second kappa shape index (κ2) is 7.60. The van der Waals surface area contributed by atoms with Crippen molar-refractivity contribution in [3.05, 3.63) is 83.9 Å². The number of amides is 3. The van der Waals surface area contributed by atoms with Crippen LogP contribution in [-0.4, -0.2) is 23.9 Å². The minimum Gasteiger partial charge on any atom is -0.457 e. The molecule has 0 aromatic heterocycles. The normalized spacial score (nSPS) is 13.2. The van der Waals surface area contributed by atoms with Crippen LogP contribution in [0.25, 0.3) is 0 Å². The smallest absolute Gasteiger partial charge is 0.457 e. The number of benzene rings is 3. The van der Waals surface area contributed by atoms with Crippen molar-refractivity contribution >= 4 is 29.1 Å². The summed E-state index contributed by atoms with van der Waals surface area (Å²) in [6.07, 6.45) is -5.02. The predicted octanol–water partition coefficient (Wildman–Crippen LogP) is 4.78. The molecule has 0 atom stereocenters. The van der Waals surface area contributed by atoms with Crippen molar-refractivity contribution in [3.63, 3.8) is 0 Å². The molecular formula is C22H13F3N2O4. The van der Waals surface area contributed by atoms with Crippen LogP contribution in [0.15, 0.2) is 72.8 Å². The van der Waals surface area contributed by atoms with Crippen LogP contribution in [0.1, 0.15) is 20.7 Å². The Morgan fingerprint density at radius 3 is 2.19 bits per heavy atom. The molecule has 0 saturated heterocycles. The molecule has 4 rings (SSSR count). The highest BCUT2D eigenvalue weighted by atomic mass is 19.4. The molecule has 3 amide bonds. The molecule has 0 aliphatic carbocycles. The number of alkyl halides is 3. The molecule has 0 saturated carbocycles. The minimum atomic E-state index is -5.02. The summed E-state index contributed by atoms with van der Waals surface area (Å²) in [5, 5.41) is 1.74. The number of carbonyl (C=O) groups excluding carboxylic acids is 3. The maximum atomic E-state index is 12.8. The molecule has 0 fully saturated rings. The Morgan fingerprint density at radius 2 is 1.48 bits per heavy atom. The maximum Gasteiger partial charge on any atom is 0.471 e. The first-order valence-electron chi connectivity index (χ1n) is 8.98. The van der Waals surface area contributed by atoms with E-state index >= 15 is 0 Å². The quantitative estimate of drug-likeness (QED) is 0.610. The number of rotatable bonds is 4. The number of fused-ring (bicyclic) bond motifs is 1. The molecule has 1 aliphatic heterocycles. The molecule has 0 spiro atoms. The number of hydrogen-bond donors (Lipinski definition) is 1. The molecule has 156 valence electrons. The van der Waals surface area contributed by atoms with Crippen LogP contribution in [0.3, 0.4) is 0 Å². The Morgan fingerprint density at radius 1 is 0.806 bits per heavy atom. The first-order chi connectivity index (χ1) is 14.7. The molecule has 9 heteroatoms. The molecule has 0 unspecified atom stereocenters. The van der Waals surface area contributed by atoms with Gasteiger partial charge in [0.1, 0.15) is 11.5 Å². The maximum absolute atomic E-state index is 12.8. The Bertz CT molecular complexity index is 1190. The van der Waals surface area contributed by atoms with Gasteiger partial charge in [-0.3, -0.25) is 14.4 Å². The minimum absolute atomic E-state index is 0.109. The van der Waals surface area contributed by atoms with Gasteiger partial charge in [-0.15, -0.1) is 0 Å². The standard InChI is InChI=1S/C22H13F3N2O4/c23-22(24,25)21(30)26-13-5-4-8-15(11-13)31-16-9-10-17-18(12-16)20(29)27(19(17)28)14-6-2-1-3-7-14/h1-12H,(H,26,30). The lowest BCUT2D eigenvalue weighted by Crippen LogP contribution is -2.29. The zero-order chi connectivity index (χ0) is 22.2. The van der Waals surface area contributed by atoms with Gasteiger partial charge in [0.05, 0.1) is 16.8 Å². The molecule has 1 heterocycles. The Kier molecular flexibility index (Phi) is 4.94. The summed E-state index contributed by atoms with van der Waals surface area (Å²) in [6.45, 7) is 0. The number of carbonyl (C=O) groups is 3. The summed E-state index contributed by atoms with van der Waals surface area (Å²) in [4.78, 5) is 37.6. The number of nitrogens with zero attached hydrogens (tertiary/aromatic N) is 1. The number of imide groups is 1. The average Bonchev–Trinajstić information content (AvgIpc) is 2.98. The van der Waals surface area contributed by atoms with Gasteiger partial charge in [-0.25, -0.2) is 4.90 Å². The summed E-state index contributed by atoms with van der Waals surface area (Å²) >= 11 is 0. The van der Waals surface area contributed by atoms with Gasteiger partial charge in [-0.05, 0) is 42.5 Å². The van der Waals surface area contributed by atoms with Crippen LogP contribution in [0.5, 0.6) is 11.5 Å². The van der Waals surface area contributed by atoms with E-state index in [0.717, 1.165) is 4.90 Å². The second-order valence-corrected chi connectivity index (χ2v) is 6.57. The van der Waals surface area contributed by atoms with Gasteiger partial charge in [0.15, 0.2) is 0 Å². The largest absolute Gasteiger partial charge is 0.471 e. The lowest BCUT2D eigenvalue weighted by Gasteiger charge is -2.13. The van der Waals surface area contributed by atoms with Crippen LogP contribution in [0.2, 0.25) is 0 Å². The fourth-order valence-corrected chi connectivity index (χ4v) is 3.07. The van der Waals surface area contributed by atoms with E-state index in [4.69, 9.17) is 4.74 Å². The fourth-order valence-electron chi connectivity index (χ4n) is 3.07. The highest BCUT2D eigenvalue weighted by molar-refractivity contribution is 6.34. The third kappa shape index (κ3) is 3.97. The van der Waals surface area contributed by atoms with E-state index in [1.807, 2.05) is 0 Å². The van der Waals surface area contributed by atoms with Crippen molar-refractivity contribution in [3.8, 4) is 11.5 Å². The molecule has 1 N–H and O–H groups in total. The van der Waals surface area contributed by atoms with Crippen LogP contribution in [-0.2, 0) is 4.79 Å². The van der Waals surface area contributed by atoms with Crippen LogP contribution < -0.4 is 15.0 Å². The Labute approximate surface area is 173 Å². The van der Waals surface area contributed by atoms with Crippen molar-refractivity contribution in [2.45, 2.75) is 6.18 Å². The Balaban J connectivity index is 1.56. The van der Waals surface area contributed by atoms with Gasteiger partial charge < -0.3 is 10.1 Å². The molecule has 3 aromatic rings. The van der Waals surface area contributed by atoms with Gasteiger partial charge in [0.2, 0.25) is 0 Å². The summed E-state index contributed by atoms with van der Waals surface area (Å²) in [6, 6.07) is 18.1. The van der Waals surface area contributed by atoms with Gasteiger partial charge in [-0.2, -0.15) is 13.2 Å². The third-order valence-electron chi connectivity index (χ3n) is 4.46. The van der Waals surface area contributed by atoms with E-state index < -0.39 is 23.9 Å². The summed E-state index contributed by atoms with van der Waals surface area (Å²) in [5.41, 5.74) is 0.687. The summed E-state index contributed by atoms with van der Waals surface area (Å²) < 4.78 is 42.9. The van der Waals surface area contributed by atoms with Crippen LogP contribution in [0.4, 0.5) is 24.5 Å². The number of anilines is 2. The van der Waals surface area contributed by atoms with Gasteiger partial charge in [-0.1, -0.05) is 24.3 Å². The first kappa shape index (κ1) is 20.1. The molecule has 1 aliphatic rings. The van der Waals surface area contributed by atoms with Crippen molar-refractivity contribution < 1.29 is 32.3 Å². The third-order valence-corrected chi connectivity index (χ3v) is 4.46. The SMILES string of the molecule is O=C1c2ccc(Oc3cccc(NC(=O)C(F)(F)F)c3)cc2C(=O)N1c1ccccc1. The lowest BCUT2D eigenvalue weighted by atomic mass is 10.1. The van der Waals surface area contributed by atoms with E-state index in [-0.39, 0.29) is 28.3 Å². The molecule has 3 aromatic carbocycles. The topological polar surface area (TPSA) is 75.7 Å². The van der Waals surface area contributed by atoms with Gasteiger partial charge in [0.25, 0.3) is 11.8 Å². The van der Waals surface area contributed by atoms with E-state index in [9.17, 15) is 27.6 Å². The Hall–Kier alpha value is -4.14. The average molecular weight is 426 g/mol. The predicted molar refractivity (Wildman–Crippen MR) is 105 cm³/mol. The monoisotopic (exact) mass is 426 g/mol. The highest BCUT2D eigenvalue weighted by Gasteiger charge is 2.39. The molecule has 31 heavy (non-hydrogen) atoms. The highest BCUT2D eigenvalue weighted by Crippen LogP contribution is 2.33. The lowest BCUT2D eigenvalue weighted by molar-refractivity contribution is -0.167. The number of hydrogen-bond acceptors (Lipinski definition) is 4. The van der Waals surface area contributed by atoms with E-state index in [1.165, 1.54) is 42.5 Å². The van der Waals surface area contributed by atoms with Crippen LogP contribution >= 0.6 is 0 Å². The molecule has 0 bridgehead atoms. The van der Waals surface area contributed by atoms with Crippen molar-refractivity contribution in [2.75, 3.05) is 10.2 Å². The fraction of sp³-hybridized carbons (Fsp3) is 0.0455. The number of para-hydroxylation sites is 1. The van der Waals surface area contributed by atoms with Gasteiger partial charge in [0, 0.05) is 11.8 Å². The molecule has 0 radical (unpaired) electrons. The van der Waals surface area contributed by atoms with Crippen molar-refractivity contribution in [2.24, 2.45) is 0 Å². The van der Waals surface area contributed by atoms with E-state index in [2.05, 4.69) is 0 Å². The number of halogens is 3. The first-order valence-corrected chi connectivity index (χ1v) is 8.98. The van der Waals surface area contributed by atoms with E-state index in [0.29, 0.717) is 5.69 Å². The zero-order valence-corrected chi connectivity index (χ0v) is 15.6. The van der Waals surface area contributed by atoms with E-state index in [1.54, 1.807) is 35.6 Å². The zero-order valence-electron chi connectivity index (χ0n) is 15.6. The van der Waals surface area contributed by atoms with Crippen LogP contribution in [0, 0.1) is 0 Å². The van der Waals surface area contributed by atoms with Crippen molar-refractivity contribution in [1.82, 2.24) is 0 Å². The second-order valence-electron chi connectivity index (χ2n) is 6.57.